The van der Waals surface area contributed by atoms with Gasteiger partial charge in [-0.05, 0) is 42.8 Å². The molecule has 158 valence electrons. The van der Waals surface area contributed by atoms with Crippen LogP contribution in [0.15, 0.2) is 58.0 Å². The second-order valence-electron chi connectivity index (χ2n) is 7.31. The molecule has 0 unspecified atom stereocenters. The van der Waals surface area contributed by atoms with Gasteiger partial charge in [0.25, 0.3) is 0 Å². The average Bonchev–Trinajstić information content (AvgIpc) is 3.20. The zero-order valence-electron chi connectivity index (χ0n) is 17.3. The van der Waals surface area contributed by atoms with Gasteiger partial charge in [0.05, 0.1) is 18.2 Å². The lowest BCUT2D eigenvalue weighted by molar-refractivity contribution is 0.384. The summed E-state index contributed by atoms with van der Waals surface area (Å²) in [6.07, 6.45) is 1.62. The first-order chi connectivity index (χ1) is 14.4. The third-order valence-corrected chi connectivity index (χ3v) is 7.43. The topological polar surface area (TPSA) is 75.9 Å². The molecular weight excluding hydrogens is 402 g/mol. The lowest BCUT2D eigenvalue weighted by Crippen LogP contribution is -2.48. The predicted octanol–water partition coefficient (Wildman–Crippen LogP) is 3.48. The Morgan fingerprint density at radius 1 is 1.00 bits per heavy atom. The normalized spacial score (nSPS) is 15.4. The molecule has 4 rings (SSSR count). The summed E-state index contributed by atoms with van der Waals surface area (Å²) in [5.41, 5.74) is 2.48. The summed E-state index contributed by atoms with van der Waals surface area (Å²) < 4.78 is 39.1. The summed E-state index contributed by atoms with van der Waals surface area (Å²) in [7, 11) is -1.97. The number of anilines is 1. The van der Waals surface area contributed by atoms with E-state index in [2.05, 4.69) is 9.88 Å². The van der Waals surface area contributed by atoms with E-state index in [0.717, 1.165) is 11.4 Å². The molecule has 0 atom stereocenters. The standard InChI is InChI=1S/C22H25N3O4S/c1-16-4-5-18(21-15-23-17(2)29-21)14-22(16)30(26,27)25-12-10-24(11-13-25)19-6-8-20(28-3)9-7-19/h4-9,14-15H,10-13H2,1-3H3. The van der Waals surface area contributed by atoms with Gasteiger partial charge in [0, 0.05) is 44.4 Å². The van der Waals surface area contributed by atoms with Gasteiger partial charge in [0.2, 0.25) is 10.0 Å². The van der Waals surface area contributed by atoms with E-state index in [4.69, 9.17) is 9.15 Å². The molecule has 2 aromatic carbocycles. The number of ether oxygens (including phenoxy) is 1. The summed E-state index contributed by atoms with van der Waals surface area (Å²) in [6, 6.07) is 13.2. The molecule has 2 heterocycles. The highest BCUT2D eigenvalue weighted by molar-refractivity contribution is 7.89. The van der Waals surface area contributed by atoms with E-state index < -0.39 is 10.0 Å². The van der Waals surface area contributed by atoms with Crippen LogP contribution in [0.1, 0.15) is 11.5 Å². The monoisotopic (exact) mass is 427 g/mol. The molecular formula is C22H25N3O4S. The molecule has 1 aromatic heterocycles. The number of nitrogens with zero attached hydrogens (tertiary/aromatic N) is 3. The first-order valence-electron chi connectivity index (χ1n) is 9.81. The SMILES string of the molecule is COc1ccc(N2CCN(S(=O)(=O)c3cc(-c4cnc(C)o4)ccc3C)CC2)cc1. The Balaban J connectivity index is 1.53. The second-order valence-corrected chi connectivity index (χ2v) is 9.22. The zero-order valence-corrected chi connectivity index (χ0v) is 18.1. The van der Waals surface area contributed by atoms with Gasteiger partial charge in [-0.25, -0.2) is 13.4 Å². The number of aromatic nitrogens is 1. The minimum Gasteiger partial charge on any atom is -0.497 e. The molecule has 0 amide bonds. The minimum atomic E-state index is -3.61. The number of benzene rings is 2. The fourth-order valence-electron chi connectivity index (χ4n) is 3.64. The molecule has 1 saturated heterocycles. The number of piperazine rings is 1. The van der Waals surface area contributed by atoms with E-state index in [0.29, 0.717) is 53.9 Å². The van der Waals surface area contributed by atoms with Gasteiger partial charge >= 0.3 is 0 Å². The number of hydrogen-bond donors (Lipinski definition) is 0. The Bertz CT molecular complexity index is 1130. The number of aryl methyl sites for hydroxylation is 2. The molecule has 0 aliphatic carbocycles. The molecule has 0 radical (unpaired) electrons. The first-order valence-corrected chi connectivity index (χ1v) is 11.2. The fourth-order valence-corrected chi connectivity index (χ4v) is 5.32. The van der Waals surface area contributed by atoms with E-state index >= 15 is 0 Å². The third kappa shape index (κ3) is 3.93. The molecule has 3 aromatic rings. The summed E-state index contributed by atoms with van der Waals surface area (Å²) in [6.45, 7) is 5.70. The van der Waals surface area contributed by atoms with Crippen LogP contribution >= 0.6 is 0 Å². The smallest absolute Gasteiger partial charge is 0.243 e. The Kier molecular flexibility index (Phi) is 5.53. The highest BCUT2D eigenvalue weighted by atomic mass is 32.2. The van der Waals surface area contributed by atoms with Crippen molar-refractivity contribution in [2.24, 2.45) is 0 Å². The average molecular weight is 428 g/mol. The van der Waals surface area contributed by atoms with Crippen molar-refractivity contribution in [1.29, 1.82) is 0 Å². The summed E-state index contributed by atoms with van der Waals surface area (Å²) in [4.78, 5) is 6.60. The maximum Gasteiger partial charge on any atom is 0.243 e. The number of hydrogen-bond acceptors (Lipinski definition) is 6. The van der Waals surface area contributed by atoms with Crippen molar-refractivity contribution in [3.63, 3.8) is 0 Å². The third-order valence-electron chi connectivity index (χ3n) is 5.39. The number of methoxy groups -OCH3 is 1. The van der Waals surface area contributed by atoms with E-state index in [9.17, 15) is 8.42 Å². The quantitative estimate of drug-likeness (QED) is 0.621. The molecule has 1 fully saturated rings. The highest BCUT2D eigenvalue weighted by Gasteiger charge is 2.30. The lowest BCUT2D eigenvalue weighted by Gasteiger charge is -2.35. The van der Waals surface area contributed by atoms with Crippen LogP contribution in [-0.4, -0.2) is 51.0 Å². The fraction of sp³-hybridized carbons (Fsp3) is 0.318. The summed E-state index contributed by atoms with van der Waals surface area (Å²) in [5, 5.41) is 0. The van der Waals surface area contributed by atoms with Crippen molar-refractivity contribution < 1.29 is 17.6 Å². The van der Waals surface area contributed by atoms with Crippen LogP contribution in [-0.2, 0) is 10.0 Å². The molecule has 1 aliphatic rings. The van der Waals surface area contributed by atoms with Gasteiger partial charge in [0.15, 0.2) is 11.7 Å². The van der Waals surface area contributed by atoms with Crippen LogP contribution < -0.4 is 9.64 Å². The zero-order chi connectivity index (χ0) is 21.3. The van der Waals surface area contributed by atoms with Crippen LogP contribution in [0.3, 0.4) is 0 Å². The Hall–Kier alpha value is -2.84. The second kappa shape index (κ2) is 8.12. The molecule has 1 aliphatic heterocycles. The Morgan fingerprint density at radius 2 is 1.70 bits per heavy atom. The van der Waals surface area contributed by atoms with Gasteiger partial charge in [-0.3, -0.25) is 0 Å². The first kappa shape index (κ1) is 20.4. The van der Waals surface area contributed by atoms with Crippen molar-refractivity contribution in [1.82, 2.24) is 9.29 Å². The molecule has 0 bridgehead atoms. The Morgan fingerprint density at radius 3 is 2.30 bits per heavy atom. The van der Waals surface area contributed by atoms with Crippen molar-refractivity contribution in [2.75, 3.05) is 38.2 Å². The molecule has 7 nitrogen and oxygen atoms in total. The van der Waals surface area contributed by atoms with Crippen LogP contribution in [0, 0.1) is 13.8 Å². The van der Waals surface area contributed by atoms with Crippen LogP contribution in [0.2, 0.25) is 0 Å². The maximum absolute atomic E-state index is 13.4. The van der Waals surface area contributed by atoms with Crippen LogP contribution in [0.4, 0.5) is 5.69 Å². The summed E-state index contributed by atoms with van der Waals surface area (Å²) >= 11 is 0. The number of rotatable bonds is 5. The van der Waals surface area contributed by atoms with E-state index in [-0.39, 0.29) is 0 Å². The van der Waals surface area contributed by atoms with Gasteiger partial charge in [0.1, 0.15) is 5.75 Å². The van der Waals surface area contributed by atoms with Crippen molar-refractivity contribution in [3.8, 4) is 17.1 Å². The maximum atomic E-state index is 13.4. The minimum absolute atomic E-state index is 0.312. The van der Waals surface area contributed by atoms with Crippen LogP contribution in [0.5, 0.6) is 5.75 Å². The predicted molar refractivity (Wildman–Crippen MR) is 115 cm³/mol. The lowest BCUT2D eigenvalue weighted by atomic mass is 10.1. The summed E-state index contributed by atoms with van der Waals surface area (Å²) in [5.74, 6) is 1.91. The van der Waals surface area contributed by atoms with Crippen molar-refractivity contribution >= 4 is 15.7 Å². The van der Waals surface area contributed by atoms with Gasteiger partial charge in [-0.2, -0.15) is 4.31 Å². The van der Waals surface area contributed by atoms with Crippen molar-refractivity contribution in [3.05, 3.63) is 60.1 Å². The van der Waals surface area contributed by atoms with Gasteiger partial charge in [-0.15, -0.1) is 0 Å². The molecule has 8 heteroatoms. The molecule has 0 saturated carbocycles. The van der Waals surface area contributed by atoms with E-state index in [1.165, 1.54) is 0 Å². The van der Waals surface area contributed by atoms with E-state index in [1.54, 1.807) is 30.6 Å². The van der Waals surface area contributed by atoms with Gasteiger partial charge in [-0.1, -0.05) is 12.1 Å². The number of sulfonamides is 1. The van der Waals surface area contributed by atoms with Crippen LogP contribution in [0.25, 0.3) is 11.3 Å². The van der Waals surface area contributed by atoms with Gasteiger partial charge < -0.3 is 14.1 Å². The van der Waals surface area contributed by atoms with Crippen molar-refractivity contribution in [2.45, 2.75) is 18.7 Å². The molecule has 30 heavy (non-hydrogen) atoms. The molecule has 0 N–H and O–H groups in total. The highest BCUT2D eigenvalue weighted by Crippen LogP contribution is 2.29. The largest absolute Gasteiger partial charge is 0.497 e. The Labute approximate surface area is 177 Å². The number of oxazole rings is 1. The van der Waals surface area contributed by atoms with E-state index in [1.807, 2.05) is 43.3 Å². The molecule has 0 spiro atoms.